The number of para-hydroxylation sites is 1. The van der Waals surface area contributed by atoms with Crippen LogP contribution in [0.15, 0.2) is 72.9 Å². The number of hydrogen-bond acceptors (Lipinski definition) is 7. The minimum absolute atomic E-state index is 0.114. The van der Waals surface area contributed by atoms with Crippen LogP contribution < -0.4 is 9.64 Å². The fraction of sp³-hybridized carbons (Fsp3) is 0.174. The number of carbonyl (C=O) groups is 1. The number of methoxy groups -OCH3 is 1. The lowest BCUT2D eigenvalue weighted by atomic mass is 10.2. The van der Waals surface area contributed by atoms with Gasteiger partial charge in [-0.15, -0.1) is 0 Å². The highest BCUT2D eigenvalue weighted by molar-refractivity contribution is 7.91. The largest absolute Gasteiger partial charge is 0.494 e. The molecule has 0 aliphatic rings. The van der Waals surface area contributed by atoms with E-state index in [4.69, 9.17) is 4.74 Å². The Kier molecular flexibility index (Phi) is 6.48. The van der Waals surface area contributed by atoms with Gasteiger partial charge in [-0.3, -0.25) is 14.7 Å². The number of rotatable bonds is 8. The number of ether oxygens (including phenoxy) is 1. The molecule has 0 saturated heterocycles. The number of hydrogen-bond donors (Lipinski definition) is 0. The van der Waals surface area contributed by atoms with Gasteiger partial charge in [0.25, 0.3) is 0 Å². The first-order chi connectivity index (χ1) is 15.4. The topological polar surface area (TPSA) is 89.5 Å². The standard InChI is InChI=1S/C23H21N3O4S2/c1-30-19-11-7-12-20-22(19)25-23(31-20)26(14-18-10-5-6-13-24-18)21(27)16-32(28,29)15-17-8-3-2-4-9-17/h2-13H,14-16H2,1H3. The summed E-state index contributed by atoms with van der Waals surface area (Å²) >= 11 is 1.30. The highest BCUT2D eigenvalue weighted by Crippen LogP contribution is 2.34. The molecule has 2 heterocycles. The summed E-state index contributed by atoms with van der Waals surface area (Å²) < 4.78 is 31.8. The average molecular weight is 468 g/mol. The lowest BCUT2D eigenvalue weighted by molar-refractivity contribution is -0.116. The van der Waals surface area contributed by atoms with Gasteiger partial charge in [-0.1, -0.05) is 53.8 Å². The number of amides is 1. The van der Waals surface area contributed by atoms with Crippen molar-refractivity contribution in [3.05, 3.63) is 84.2 Å². The molecule has 0 saturated carbocycles. The van der Waals surface area contributed by atoms with Gasteiger partial charge in [0.05, 0.1) is 29.8 Å². The molecule has 0 aliphatic heterocycles. The third-order valence-corrected chi connectivity index (χ3v) is 7.25. The molecule has 0 bridgehead atoms. The number of aromatic nitrogens is 2. The molecule has 0 aliphatic carbocycles. The van der Waals surface area contributed by atoms with E-state index >= 15 is 0 Å². The summed E-state index contributed by atoms with van der Waals surface area (Å²) in [5, 5.41) is 0.398. The monoisotopic (exact) mass is 467 g/mol. The Hall–Kier alpha value is -3.30. The van der Waals surface area contributed by atoms with Gasteiger partial charge in [0.2, 0.25) is 5.91 Å². The van der Waals surface area contributed by atoms with E-state index in [9.17, 15) is 13.2 Å². The Morgan fingerprint density at radius 3 is 2.53 bits per heavy atom. The number of benzene rings is 2. The van der Waals surface area contributed by atoms with Gasteiger partial charge in [0, 0.05) is 6.20 Å². The van der Waals surface area contributed by atoms with Gasteiger partial charge in [-0.25, -0.2) is 13.4 Å². The van der Waals surface area contributed by atoms with Crippen LogP contribution >= 0.6 is 11.3 Å². The average Bonchev–Trinajstić information content (AvgIpc) is 3.22. The Morgan fingerprint density at radius 2 is 1.81 bits per heavy atom. The van der Waals surface area contributed by atoms with E-state index in [2.05, 4.69) is 9.97 Å². The molecular weight excluding hydrogens is 446 g/mol. The first-order valence-corrected chi connectivity index (χ1v) is 12.5. The van der Waals surface area contributed by atoms with E-state index in [0.29, 0.717) is 27.7 Å². The Labute approximate surface area is 190 Å². The smallest absolute Gasteiger partial charge is 0.244 e. The molecule has 2 aromatic carbocycles. The molecule has 7 nitrogen and oxygen atoms in total. The van der Waals surface area contributed by atoms with Crippen LogP contribution in [0.2, 0.25) is 0 Å². The van der Waals surface area contributed by atoms with Gasteiger partial charge in [-0.05, 0) is 29.8 Å². The summed E-state index contributed by atoms with van der Waals surface area (Å²) in [6, 6.07) is 19.7. The molecule has 32 heavy (non-hydrogen) atoms. The van der Waals surface area contributed by atoms with Gasteiger partial charge in [0.15, 0.2) is 15.0 Å². The van der Waals surface area contributed by atoms with Crippen molar-refractivity contribution in [1.29, 1.82) is 0 Å². The second kappa shape index (κ2) is 9.46. The molecule has 4 rings (SSSR count). The lowest BCUT2D eigenvalue weighted by Gasteiger charge is -2.19. The van der Waals surface area contributed by atoms with Crippen molar-refractivity contribution >= 4 is 42.4 Å². The van der Waals surface area contributed by atoms with Crippen LogP contribution in [0.4, 0.5) is 5.13 Å². The van der Waals surface area contributed by atoms with Crippen molar-refractivity contribution in [1.82, 2.24) is 9.97 Å². The summed E-state index contributed by atoms with van der Waals surface area (Å²) in [5.74, 6) is -0.788. The summed E-state index contributed by atoms with van der Waals surface area (Å²) in [7, 11) is -2.13. The molecule has 9 heteroatoms. The maximum atomic E-state index is 13.2. The Morgan fingerprint density at radius 1 is 1.03 bits per heavy atom. The maximum absolute atomic E-state index is 13.2. The zero-order valence-corrected chi connectivity index (χ0v) is 19.0. The number of carbonyl (C=O) groups excluding carboxylic acids is 1. The Balaban J connectivity index is 1.65. The summed E-state index contributed by atoms with van der Waals surface area (Å²) in [5.41, 5.74) is 1.90. The summed E-state index contributed by atoms with van der Waals surface area (Å²) in [4.78, 5) is 23.5. The predicted molar refractivity (Wildman–Crippen MR) is 126 cm³/mol. The molecule has 0 fully saturated rings. The van der Waals surface area contributed by atoms with Crippen molar-refractivity contribution < 1.29 is 17.9 Å². The van der Waals surface area contributed by atoms with Crippen molar-refractivity contribution in [3.63, 3.8) is 0 Å². The molecule has 0 spiro atoms. The van der Waals surface area contributed by atoms with E-state index in [0.717, 1.165) is 4.70 Å². The van der Waals surface area contributed by atoms with Crippen molar-refractivity contribution in [2.45, 2.75) is 12.3 Å². The number of sulfone groups is 1. The van der Waals surface area contributed by atoms with Crippen LogP contribution in [0.3, 0.4) is 0 Å². The number of pyridine rings is 1. The van der Waals surface area contributed by atoms with Crippen molar-refractivity contribution in [2.24, 2.45) is 0 Å². The molecule has 0 atom stereocenters. The molecule has 1 amide bonds. The third-order valence-electron chi connectivity index (χ3n) is 4.74. The van der Waals surface area contributed by atoms with Crippen LogP contribution in [-0.2, 0) is 26.9 Å². The van der Waals surface area contributed by atoms with E-state index in [-0.39, 0.29) is 12.3 Å². The second-order valence-corrected chi connectivity index (χ2v) is 10.2. The zero-order valence-electron chi connectivity index (χ0n) is 17.3. The number of fused-ring (bicyclic) bond motifs is 1. The minimum atomic E-state index is -3.68. The van der Waals surface area contributed by atoms with Crippen LogP contribution in [-0.4, -0.2) is 37.2 Å². The molecule has 2 aromatic heterocycles. The summed E-state index contributed by atoms with van der Waals surface area (Å²) in [6.07, 6.45) is 1.63. The van der Waals surface area contributed by atoms with Crippen LogP contribution in [0.5, 0.6) is 5.75 Å². The fourth-order valence-electron chi connectivity index (χ4n) is 3.25. The van der Waals surface area contributed by atoms with Crippen molar-refractivity contribution in [2.75, 3.05) is 17.8 Å². The van der Waals surface area contributed by atoms with Gasteiger partial charge < -0.3 is 4.74 Å². The van der Waals surface area contributed by atoms with E-state index in [1.54, 1.807) is 55.8 Å². The molecule has 164 valence electrons. The van der Waals surface area contributed by atoms with Gasteiger partial charge in [-0.2, -0.15) is 0 Å². The SMILES string of the molecule is COc1cccc2sc(N(Cc3ccccn3)C(=O)CS(=O)(=O)Cc3ccccc3)nc12. The number of anilines is 1. The van der Waals surface area contributed by atoms with Crippen LogP contribution in [0.1, 0.15) is 11.3 Å². The first kappa shape index (κ1) is 21.9. The lowest BCUT2D eigenvalue weighted by Crippen LogP contribution is -2.36. The second-order valence-electron chi connectivity index (χ2n) is 7.12. The molecular formula is C23H21N3O4S2. The van der Waals surface area contributed by atoms with Gasteiger partial charge in [0.1, 0.15) is 17.0 Å². The van der Waals surface area contributed by atoms with E-state index < -0.39 is 21.5 Å². The van der Waals surface area contributed by atoms with E-state index in [1.165, 1.54) is 16.2 Å². The number of nitrogens with zero attached hydrogens (tertiary/aromatic N) is 3. The molecule has 0 unspecified atom stereocenters. The van der Waals surface area contributed by atoms with Crippen LogP contribution in [0, 0.1) is 0 Å². The zero-order chi connectivity index (χ0) is 22.6. The third kappa shape index (κ3) is 5.12. The molecule has 0 N–H and O–H groups in total. The summed E-state index contributed by atoms with van der Waals surface area (Å²) in [6.45, 7) is 0.114. The highest BCUT2D eigenvalue weighted by Gasteiger charge is 2.26. The molecule has 4 aromatic rings. The van der Waals surface area contributed by atoms with Gasteiger partial charge >= 0.3 is 0 Å². The van der Waals surface area contributed by atoms with Crippen molar-refractivity contribution in [3.8, 4) is 5.75 Å². The van der Waals surface area contributed by atoms with Crippen LogP contribution in [0.25, 0.3) is 10.2 Å². The number of thiazole rings is 1. The highest BCUT2D eigenvalue weighted by atomic mass is 32.2. The maximum Gasteiger partial charge on any atom is 0.244 e. The first-order valence-electron chi connectivity index (χ1n) is 9.83. The molecule has 0 radical (unpaired) electrons. The Bertz CT molecular complexity index is 1320. The fourth-order valence-corrected chi connectivity index (χ4v) is 5.59. The van der Waals surface area contributed by atoms with E-state index in [1.807, 2.05) is 24.3 Å². The predicted octanol–water partition coefficient (Wildman–Crippen LogP) is 3.85. The quantitative estimate of drug-likeness (QED) is 0.391. The minimum Gasteiger partial charge on any atom is -0.494 e. The normalized spacial score (nSPS) is 11.4.